The number of halogens is 1. The molecule has 0 heterocycles. The van der Waals surface area contributed by atoms with Gasteiger partial charge in [0.15, 0.2) is 0 Å². The molecule has 3 nitrogen and oxygen atoms in total. The molecule has 0 aliphatic carbocycles. The molecule has 1 aromatic rings. The van der Waals surface area contributed by atoms with E-state index in [9.17, 15) is 9.18 Å². The first-order valence-electron chi connectivity index (χ1n) is 6.62. The summed E-state index contributed by atoms with van der Waals surface area (Å²) >= 11 is 0. The van der Waals surface area contributed by atoms with Crippen LogP contribution in [0.25, 0.3) is 0 Å². The second-order valence-corrected chi connectivity index (χ2v) is 5.37. The maximum atomic E-state index is 12.8. The Balaban J connectivity index is 2.53. The van der Waals surface area contributed by atoms with Gasteiger partial charge in [0, 0.05) is 0 Å². The van der Waals surface area contributed by atoms with Gasteiger partial charge in [0.25, 0.3) is 0 Å². The summed E-state index contributed by atoms with van der Waals surface area (Å²) in [6, 6.07) is 6.42. The standard InChI is InChI=1S/C15H22FNO2/c1-3-11(10-15(2,17)14(18)19)4-5-12-6-8-13(16)9-7-12/h6-9,11H,3-5,10,17H2,1-2H3,(H,18,19). The van der Waals surface area contributed by atoms with Crippen molar-refractivity contribution in [3.63, 3.8) is 0 Å². The lowest BCUT2D eigenvalue weighted by Crippen LogP contribution is -2.46. The molecule has 4 heteroatoms. The monoisotopic (exact) mass is 267 g/mol. The summed E-state index contributed by atoms with van der Waals surface area (Å²) in [5, 5.41) is 9.03. The van der Waals surface area contributed by atoms with Crippen LogP contribution in [0.2, 0.25) is 0 Å². The maximum Gasteiger partial charge on any atom is 0.323 e. The normalized spacial score (nSPS) is 15.8. The Bertz CT molecular complexity index is 415. The molecule has 106 valence electrons. The zero-order chi connectivity index (χ0) is 14.5. The number of carboxylic acids is 1. The van der Waals surface area contributed by atoms with Crippen molar-refractivity contribution in [3.05, 3.63) is 35.6 Å². The first-order valence-corrected chi connectivity index (χ1v) is 6.62. The van der Waals surface area contributed by atoms with Crippen LogP contribution in [0.3, 0.4) is 0 Å². The number of hydrogen-bond acceptors (Lipinski definition) is 2. The van der Waals surface area contributed by atoms with Crippen molar-refractivity contribution in [2.75, 3.05) is 0 Å². The lowest BCUT2D eigenvalue weighted by molar-refractivity contribution is -0.143. The Hall–Kier alpha value is -1.42. The van der Waals surface area contributed by atoms with E-state index < -0.39 is 11.5 Å². The van der Waals surface area contributed by atoms with Crippen LogP contribution < -0.4 is 5.73 Å². The van der Waals surface area contributed by atoms with Crippen LogP contribution in [0.4, 0.5) is 4.39 Å². The van der Waals surface area contributed by atoms with Gasteiger partial charge in [-0.05, 0) is 49.8 Å². The number of hydrogen-bond donors (Lipinski definition) is 2. The third kappa shape index (κ3) is 4.99. The van der Waals surface area contributed by atoms with Gasteiger partial charge in [-0.3, -0.25) is 4.79 Å². The van der Waals surface area contributed by atoms with Crippen molar-refractivity contribution in [1.82, 2.24) is 0 Å². The quantitative estimate of drug-likeness (QED) is 0.798. The number of aliphatic carboxylic acids is 1. The van der Waals surface area contributed by atoms with Gasteiger partial charge in [0.05, 0.1) is 0 Å². The molecule has 0 radical (unpaired) electrons. The largest absolute Gasteiger partial charge is 0.480 e. The molecular formula is C15H22FNO2. The first kappa shape index (κ1) is 15.6. The van der Waals surface area contributed by atoms with Gasteiger partial charge in [-0.2, -0.15) is 0 Å². The van der Waals surface area contributed by atoms with E-state index in [2.05, 4.69) is 0 Å². The van der Waals surface area contributed by atoms with Crippen LogP contribution in [0, 0.1) is 11.7 Å². The third-order valence-corrected chi connectivity index (χ3v) is 3.53. The van der Waals surface area contributed by atoms with E-state index >= 15 is 0 Å². The number of carboxylic acid groups (broad SMARTS) is 1. The van der Waals surface area contributed by atoms with Gasteiger partial charge < -0.3 is 10.8 Å². The van der Waals surface area contributed by atoms with Crippen LogP contribution >= 0.6 is 0 Å². The van der Waals surface area contributed by atoms with Gasteiger partial charge >= 0.3 is 5.97 Å². The number of rotatable bonds is 7. The summed E-state index contributed by atoms with van der Waals surface area (Å²) in [5.74, 6) is -0.944. The van der Waals surface area contributed by atoms with Crippen LogP contribution in [0.5, 0.6) is 0 Å². The molecular weight excluding hydrogens is 245 g/mol. The number of benzene rings is 1. The topological polar surface area (TPSA) is 63.3 Å². The second-order valence-electron chi connectivity index (χ2n) is 5.37. The van der Waals surface area contributed by atoms with Gasteiger partial charge in [0.2, 0.25) is 0 Å². The van der Waals surface area contributed by atoms with Crippen molar-refractivity contribution >= 4 is 5.97 Å². The zero-order valence-electron chi connectivity index (χ0n) is 11.5. The van der Waals surface area contributed by atoms with E-state index in [4.69, 9.17) is 10.8 Å². The highest BCUT2D eigenvalue weighted by Gasteiger charge is 2.30. The van der Waals surface area contributed by atoms with Crippen molar-refractivity contribution in [2.45, 2.75) is 45.1 Å². The Kier molecular flexibility index (Phi) is 5.48. The molecule has 3 N–H and O–H groups in total. The van der Waals surface area contributed by atoms with Crippen LogP contribution in [-0.4, -0.2) is 16.6 Å². The molecule has 0 spiro atoms. The highest BCUT2D eigenvalue weighted by Crippen LogP contribution is 2.23. The fourth-order valence-electron chi connectivity index (χ4n) is 2.16. The summed E-state index contributed by atoms with van der Waals surface area (Å²) in [7, 11) is 0. The van der Waals surface area contributed by atoms with Gasteiger partial charge in [-0.15, -0.1) is 0 Å². The summed E-state index contributed by atoms with van der Waals surface area (Å²) < 4.78 is 12.8. The molecule has 0 aliphatic rings. The minimum absolute atomic E-state index is 0.240. The molecule has 0 saturated carbocycles. The molecule has 0 amide bonds. The van der Waals surface area contributed by atoms with Gasteiger partial charge in [-0.25, -0.2) is 4.39 Å². The smallest absolute Gasteiger partial charge is 0.323 e. The predicted octanol–water partition coefficient (Wildman–Crippen LogP) is 2.98. The van der Waals surface area contributed by atoms with E-state index in [1.807, 2.05) is 6.92 Å². The van der Waals surface area contributed by atoms with Crippen LogP contribution in [0.15, 0.2) is 24.3 Å². The highest BCUT2D eigenvalue weighted by atomic mass is 19.1. The third-order valence-electron chi connectivity index (χ3n) is 3.53. The fourth-order valence-corrected chi connectivity index (χ4v) is 2.16. The van der Waals surface area contributed by atoms with E-state index in [-0.39, 0.29) is 11.7 Å². The van der Waals surface area contributed by atoms with Gasteiger partial charge in [0.1, 0.15) is 11.4 Å². The second kappa shape index (κ2) is 6.66. The molecule has 0 fully saturated rings. The Labute approximate surface area is 113 Å². The van der Waals surface area contributed by atoms with Crippen LogP contribution in [-0.2, 0) is 11.2 Å². The lowest BCUT2D eigenvalue weighted by Gasteiger charge is -2.25. The first-order chi connectivity index (χ1) is 8.85. The fraction of sp³-hybridized carbons (Fsp3) is 0.533. The molecule has 2 unspecified atom stereocenters. The number of aryl methyl sites for hydroxylation is 1. The van der Waals surface area contributed by atoms with E-state index in [0.29, 0.717) is 6.42 Å². The molecule has 19 heavy (non-hydrogen) atoms. The maximum absolute atomic E-state index is 12.8. The average molecular weight is 267 g/mol. The molecule has 0 saturated heterocycles. The van der Waals surface area contributed by atoms with Crippen molar-refractivity contribution < 1.29 is 14.3 Å². The SMILES string of the molecule is CCC(CCc1ccc(F)cc1)CC(C)(N)C(=O)O. The summed E-state index contributed by atoms with van der Waals surface area (Å²) in [6.07, 6.45) is 3.03. The minimum atomic E-state index is -1.18. The lowest BCUT2D eigenvalue weighted by atomic mass is 9.85. The average Bonchev–Trinajstić information content (AvgIpc) is 2.36. The Morgan fingerprint density at radius 2 is 2.00 bits per heavy atom. The van der Waals surface area contributed by atoms with Crippen molar-refractivity contribution in [3.8, 4) is 0 Å². The molecule has 0 aliphatic heterocycles. The predicted molar refractivity (Wildman–Crippen MR) is 73.3 cm³/mol. The highest BCUT2D eigenvalue weighted by molar-refractivity contribution is 5.77. The van der Waals surface area contributed by atoms with E-state index in [0.717, 1.165) is 24.8 Å². The van der Waals surface area contributed by atoms with E-state index in [1.165, 1.54) is 12.1 Å². The Morgan fingerprint density at radius 1 is 1.42 bits per heavy atom. The zero-order valence-corrected chi connectivity index (χ0v) is 11.5. The number of carbonyl (C=O) groups is 1. The summed E-state index contributed by atoms with van der Waals surface area (Å²) in [4.78, 5) is 11.0. The molecule has 0 aromatic heterocycles. The summed E-state index contributed by atoms with van der Waals surface area (Å²) in [6.45, 7) is 3.59. The molecule has 0 bridgehead atoms. The van der Waals surface area contributed by atoms with Crippen LogP contribution in [0.1, 0.15) is 38.7 Å². The van der Waals surface area contributed by atoms with Gasteiger partial charge in [-0.1, -0.05) is 25.5 Å². The molecule has 2 atom stereocenters. The van der Waals surface area contributed by atoms with E-state index in [1.54, 1.807) is 19.1 Å². The molecule has 1 rings (SSSR count). The summed E-state index contributed by atoms with van der Waals surface area (Å²) in [5.41, 5.74) is 5.66. The number of nitrogens with two attached hydrogens (primary N) is 1. The van der Waals surface area contributed by atoms with Crippen molar-refractivity contribution in [1.29, 1.82) is 0 Å². The molecule has 1 aromatic carbocycles. The van der Waals surface area contributed by atoms with Crippen molar-refractivity contribution in [2.24, 2.45) is 11.7 Å². The Morgan fingerprint density at radius 3 is 2.47 bits per heavy atom. The minimum Gasteiger partial charge on any atom is -0.480 e.